The molecule has 2 aliphatic carbocycles. The molecule has 0 aliphatic heterocycles. The van der Waals surface area contributed by atoms with E-state index in [2.05, 4.69) is 19.9 Å². The third-order valence-corrected chi connectivity index (χ3v) is 7.09. The highest BCUT2D eigenvalue weighted by Gasteiger charge is 2.30. The lowest BCUT2D eigenvalue weighted by molar-refractivity contribution is -0.137. The van der Waals surface area contributed by atoms with E-state index in [0.717, 1.165) is 37.0 Å². The van der Waals surface area contributed by atoms with Crippen molar-refractivity contribution in [3.8, 4) is 0 Å². The fourth-order valence-electron chi connectivity index (χ4n) is 5.23. The molecule has 0 amide bonds. The Morgan fingerprint density at radius 2 is 1.41 bits per heavy atom. The first-order valence-corrected chi connectivity index (χ1v) is 12.1. The molecule has 0 aromatic carbocycles. The summed E-state index contributed by atoms with van der Waals surface area (Å²) in [7, 11) is 0. The van der Waals surface area contributed by atoms with Crippen LogP contribution in [0.1, 0.15) is 110 Å². The Morgan fingerprint density at radius 1 is 0.815 bits per heavy atom. The Labute approximate surface area is 168 Å². The first-order chi connectivity index (χ1) is 13.2. The van der Waals surface area contributed by atoms with Crippen LogP contribution in [-0.2, 0) is 9.53 Å². The van der Waals surface area contributed by atoms with Gasteiger partial charge in [-0.1, -0.05) is 71.3 Å². The van der Waals surface area contributed by atoms with Crippen molar-refractivity contribution in [2.75, 3.05) is 6.61 Å². The fourth-order valence-corrected chi connectivity index (χ4v) is 5.23. The fraction of sp³-hybridized carbons (Fsp3) is 0.880. The van der Waals surface area contributed by atoms with Crippen LogP contribution in [0.25, 0.3) is 0 Å². The van der Waals surface area contributed by atoms with E-state index < -0.39 is 0 Å². The minimum absolute atomic E-state index is 0.144. The third kappa shape index (κ3) is 8.83. The molecule has 0 radical (unpaired) electrons. The van der Waals surface area contributed by atoms with Gasteiger partial charge in [0.25, 0.3) is 0 Å². The molecule has 27 heavy (non-hydrogen) atoms. The molecule has 0 aromatic rings. The summed E-state index contributed by atoms with van der Waals surface area (Å²) in [6.45, 7) is 5.04. The Bertz CT molecular complexity index is 412. The average Bonchev–Trinajstić information content (AvgIpc) is 2.71. The Morgan fingerprint density at radius 3 is 2.04 bits per heavy atom. The Hall–Kier alpha value is -0.790. The predicted molar refractivity (Wildman–Crippen MR) is 115 cm³/mol. The van der Waals surface area contributed by atoms with Gasteiger partial charge in [0.05, 0.1) is 6.61 Å². The number of allylic oxidation sites excluding steroid dienone is 1. The van der Waals surface area contributed by atoms with Gasteiger partial charge in [0.15, 0.2) is 0 Å². The van der Waals surface area contributed by atoms with Gasteiger partial charge in [-0.15, -0.1) is 0 Å². The average molecular weight is 377 g/mol. The van der Waals surface area contributed by atoms with E-state index >= 15 is 0 Å². The molecule has 2 heteroatoms. The van der Waals surface area contributed by atoms with Crippen molar-refractivity contribution in [2.45, 2.75) is 110 Å². The lowest BCUT2D eigenvalue weighted by atomic mass is 9.68. The van der Waals surface area contributed by atoms with E-state index in [-0.39, 0.29) is 5.97 Å². The highest BCUT2D eigenvalue weighted by atomic mass is 16.5. The Balaban J connectivity index is 1.59. The summed E-state index contributed by atoms with van der Waals surface area (Å²) in [6, 6.07) is 0. The largest absolute Gasteiger partial charge is 0.463 e. The van der Waals surface area contributed by atoms with Gasteiger partial charge >= 0.3 is 5.97 Å². The quantitative estimate of drug-likeness (QED) is 0.212. The van der Waals surface area contributed by atoms with E-state index in [1.54, 1.807) is 6.08 Å². The molecule has 0 saturated heterocycles. The van der Waals surface area contributed by atoms with Crippen LogP contribution < -0.4 is 0 Å². The number of carbonyl (C=O) groups is 1. The minimum Gasteiger partial charge on any atom is -0.463 e. The van der Waals surface area contributed by atoms with Crippen molar-refractivity contribution in [1.82, 2.24) is 0 Å². The second-order valence-electron chi connectivity index (χ2n) is 9.19. The van der Waals surface area contributed by atoms with Crippen LogP contribution in [-0.4, -0.2) is 12.6 Å². The van der Waals surface area contributed by atoms with E-state index in [1.807, 2.05) is 0 Å². The zero-order chi connectivity index (χ0) is 19.3. The molecule has 2 saturated carbocycles. The van der Waals surface area contributed by atoms with Gasteiger partial charge in [-0.25, -0.2) is 4.79 Å². The second kappa shape index (κ2) is 13.4. The number of hydrogen-bond acceptors (Lipinski definition) is 2. The number of unbranched alkanes of at least 4 members (excludes halogenated alkanes) is 4. The SMILES string of the molecule is CCCCCOC(=O)/C=C/C1CCC([C@H]2CC[C@H](CCCCC)CC2)CC1. The summed E-state index contributed by atoms with van der Waals surface area (Å²) in [4.78, 5) is 11.8. The zero-order valence-electron chi connectivity index (χ0n) is 18.1. The van der Waals surface area contributed by atoms with Crippen LogP contribution in [0.3, 0.4) is 0 Å². The van der Waals surface area contributed by atoms with E-state index in [0.29, 0.717) is 12.5 Å². The monoisotopic (exact) mass is 376 g/mol. The molecule has 0 spiro atoms. The van der Waals surface area contributed by atoms with Crippen LogP contribution in [0.15, 0.2) is 12.2 Å². The number of carbonyl (C=O) groups excluding carboxylic acids is 1. The molecular weight excluding hydrogens is 332 g/mol. The van der Waals surface area contributed by atoms with Crippen LogP contribution in [0.2, 0.25) is 0 Å². The molecule has 2 aliphatic rings. The molecule has 2 fully saturated rings. The molecular formula is C25H44O2. The summed E-state index contributed by atoms with van der Waals surface area (Å²) in [5, 5.41) is 0. The van der Waals surface area contributed by atoms with Crippen LogP contribution in [0.4, 0.5) is 0 Å². The van der Waals surface area contributed by atoms with Crippen molar-refractivity contribution < 1.29 is 9.53 Å². The highest BCUT2D eigenvalue weighted by molar-refractivity contribution is 5.81. The first kappa shape index (κ1) is 22.5. The lowest BCUT2D eigenvalue weighted by Crippen LogP contribution is -2.25. The summed E-state index contributed by atoms with van der Waals surface area (Å²) in [5.41, 5.74) is 0. The molecule has 0 unspecified atom stereocenters. The molecule has 0 aromatic heterocycles. The van der Waals surface area contributed by atoms with Crippen LogP contribution >= 0.6 is 0 Å². The standard InChI is InChI=1S/C25H44O2/c1-3-5-7-9-21-10-15-23(16-11-21)24-17-12-22(13-18-24)14-19-25(26)27-20-8-6-4-2/h14,19,21-24H,3-13,15-18,20H2,1-2H3/b19-14+/t21-,22?,23-,24?. The number of esters is 1. The molecule has 0 bridgehead atoms. The van der Waals surface area contributed by atoms with Gasteiger partial charge in [0.2, 0.25) is 0 Å². The first-order valence-electron chi connectivity index (χ1n) is 12.1. The van der Waals surface area contributed by atoms with Crippen molar-refractivity contribution in [1.29, 1.82) is 0 Å². The van der Waals surface area contributed by atoms with Crippen molar-refractivity contribution in [3.05, 3.63) is 12.2 Å². The smallest absolute Gasteiger partial charge is 0.330 e. The molecule has 0 N–H and O–H groups in total. The van der Waals surface area contributed by atoms with Gasteiger partial charge in [-0.05, 0) is 68.6 Å². The van der Waals surface area contributed by atoms with Gasteiger partial charge in [-0.3, -0.25) is 0 Å². The molecule has 0 atom stereocenters. The predicted octanol–water partition coefficient (Wildman–Crippen LogP) is 7.47. The Kier molecular flexibility index (Phi) is 11.2. The lowest BCUT2D eigenvalue weighted by Gasteiger charge is -2.37. The second-order valence-corrected chi connectivity index (χ2v) is 9.19. The summed E-state index contributed by atoms with van der Waals surface area (Å²) >= 11 is 0. The maximum atomic E-state index is 11.8. The van der Waals surface area contributed by atoms with E-state index in [9.17, 15) is 4.79 Å². The molecule has 2 nitrogen and oxygen atoms in total. The summed E-state index contributed by atoms with van der Waals surface area (Å²) < 4.78 is 5.27. The summed E-state index contributed by atoms with van der Waals surface area (Å²) in [5.74, 6) is 3.41. The van der Waals surface area contributed by atoms with Gasteiger partial charge in [0, 0.05) is 6.08 Å². The van der Waals surface area contributed by atoms with Crippen molar-refractivity contribution in [3.63, 3.8) is 0 Å². The van der Waals surface area contributed by atoms with E-state index in [1.165, 1.54) is 77.0 Å². The van der Waals surface area contributed by atoms with Crippen molar-refractivity contribution in [2.24, 2.45) is 23.7 Å². The van der Waals surface area contributed by atoms with Gasteiger partial charge in [-0.2, -0.15) is 0 Å². The van der Waals surface area contributed by atoms with E-state index in [4.69, 9.17) is 4.74 Å². The van der Waals surface area contributed by atoms with Crippen LogP contribution in [0.5, 0.6) is 0 Å². The zero-order valence-corrected chi connectivity index (χ0v) is 18.1. The van der Waals surface area contributed by atoms with Gasteiger partial charge in [0.1, 0.15) is 0 Å². The normalized spacial score (nSPS) is 29.1. The maximum Gasteiger partial charge on any atom is 0.330 e. The number of ether oxygens (including phenoxy) is 1. The highest BCUT2D eigenvalue weighted by Crippen LogP contribution is 2.42. The molecule has 156 valence electrons. The molecule has 2 rings (SSSR count). The topological polar surface area (TPSA) is 26.3 Å². The number of hydrogen-bond donors (Lipinski definition) is 0. The summed E-state index contributed by atoms with van der Waals surface area (Å²) in [6.07, 6.45) is 24.0. The third-order valence-electron chi connectivity index (χ3n) is 7.09. The van der Waals surface area contributed by atoms with Crippen molar-refractivity contribution >= 4 is 5.97 Å². The van der Waals surface area contributed by atoms with Crippen LogP contribution in [0, 0.1) is 23.7 Å². The maximum absolute atomic E-state index is 11.8. The molecule has 0 heterocycles. The minimum atomic E-state index is -0.144. The van der Waals surface area contributed by atoms with Gasteiger partial charge < -0.3 is 4.74 Å². The number of rotatable bonds is 11.